The molecule has 0 fully saturated rings. The number of nitrogens with one attached hydrogen (secondary N) is 1. The third-order valence-electron chi connectivity index (χ3n) is 3.00. The van der Waals surface area contributed by atoms with Crippen LogP contribution in [-0.4, -0.2) is 21.3 Å². The van der Waals surface area contributed by atoms with Crippen molar-refractivity contribution in [3.63, 3.8) is 0 Å². The Labute approximate surface area is 132 Å². The van der Waals surface area contributed by atoms with Crippen LogP contribution in [0.3, 0.4) is 0 Å². The monoisotopic (exact) mass is 352 g/mol. The van der Waals surface area contributed by atoms with E-state index >= 15 is 0 Å². The SMILES string of the molecule is COc1ccc(Br)c(Nc2cc(OC)c(OC)cc2N)c1. The van der Waals surface area contributed by atoms with Crippen molar-refractivity contribution in [3.05, 3.63) is 34.8 Å². The van der Waals surface area contributed by atoms with Gasteiger partial charge in [-0.15, -0.1) is 0 Å². The first kappa shape index (κ1) is 15.3. The molecule has 0 saturated heterocycles. The molecule has 0 bridgehead atoms. The molecule has 0 atom stereocenters. The minimum atomic E-state index is 0.558. The van der Waals surface area contributed by atoms with Gasteiger partial charge in [-0.05, 0) is 28.1 Å². The minimum absolute atomic E-state index is 0.558. The molecular formula is C15H17BrN2O3. The summed E-state index contributed by atoms with van der Waals surface area (Å²) in [7, 11) is 4.78. The van der Waals surface area contributed by atoms with E-state index in [4.69, 9.17) is 19.9 Å². The van der Waals surface area contributed by atoms with Crippen LogP contribution >= 0.6 is 15.9 Å². The van der Waals surface area contributed by atoms with Gasteiger partial charge in [0.2, 0.25) is 0 Å². The summed E-state index contributed by atoms with van der Waals surface area (Å²) in [6.07, 6.45) is 0. The van der Waals surface area contributed by atoms with Crippen molar-refractivity contribution >= 4 is 33.0 Å². The average Bonchev–Trinajstić information content (AvgIpc) is 2.50. The van der Waals surface area contributed by atoms with Gasteiger partial charge in [0.05, 0.1) is 38.4 Å². The fourth-order valence-electron chi connectivity index (χ4n) is 1.88. The molecular weight excluding hydrogens is 336 g/mol. The predicted molar refractivity (Wildman–Crippen MR) is 87.9 cm³/mol. The Bertz CT molecular complexity index is 647. The van der Waals surface area contributed by atoms with Gasteiger partial charge < -0.3 is 25.3 Å². The first-order valence-electron chi connectivity index (χ1n) is 6.21. The topological polar surface area (TPSA) is 65.7 Å². The van der Waals surface area contributed by atoms with Crippen molar-refractivity contribution in [3.8, 4) is 17.2 Å². The summed E-state index contributed by atoms with van der Waals surface area (Å²) in [5.41, 5.74) is 8.17. The molecule has 0 amide bonds. The van der Waals surface area contributed by atoms with Gasteiger partial charge in [0.15, 0.2) is 11.5 Å². The molecule has 112 valence electrons. The minimum Gasteiger partial charge on any atom is -0.497 e. The number of rotatable bonds is 5. The number of hydrogen-bond donors (Lipinski definition) is 2. The Morgan fingerprint density at radius 2 is 1.57 bits per heavy atom. The fourth-order valence-corrected chi connectivity index (χ4v) is 2.22. The zero-order valence-electron chi connectivity index (χ0n) is 12.1. The summed E-state index contributed by atoms with van der Waals surface area (Å²) in [6, 6.07) is 9.15. The van der Waals surface area contributed by atoms with Crippen LogP contribution in [0.1, 0.15) is 0 Å². The van der Waals surface area contributed by atoms with Gasteiger partial charge in [-0.2, -0.15) is 0 Å². The van der Waals surface area contributed by atoms with Crippen LogP contribution in [0.15, 0.2) is 34.8 Å². The Balaban J connectivity index is 2.39. The molecule has 0 aliphatic heterocycles. The zero-order chi connectivity index (χ0) is 15.4. The van der Waals surface area contributed by atoms with E-state index in [1.54, 1.807) is 33.5 Å². The van der Waals surface area contributed by atoms with E-state index in [0.717, 1.165) is 21.6 Å². The standard InChI is InChI=1S/C15H17BrN2O3/c1-19-9-4-5-10(16)12(6-9)18-13-8-15(21-3)14(20-2)7-11(13)17/h4-8,18H,17H2,1-3H3. The summed E-state index contributed by atoms with van der Waals surface area (Å²) in [4.78, 5) is 0. The summed E-state index contributed by atoms with van der Waals surface area (Å²) in [5.74, 6) is 1.94. The predicted octanol–water partition coefficient (Wildman–Crippen LogP) is 3.80. The van der Waals surface area contributed by atoms with Gasteiger partial charge in [-0.25, -0.2) is 0 Å². The van der Waals surface area contributed by atoms with Crippen LogP contribution in [-0.2, 0) is 0 Å². The van der Waals surface area contributed by atoms with Gasteiger partial charge in [0.25, 0.3) is 0 Å². The summed E-state index contributed by atoms with van der Waals surface area (Å²) >= 11 is 3.49. The van der Waals surface area contributed by atoms with Gasteiger partial charge in [-0.3, -0.25) is 0 Å². The van der Waals surface area contributed by atoms with Crippen LogP contribution < -0.4 is 25.3 Å². The lowest BCUT2D eigenvalue weighted by atomic mass is 10.2. The maximum atomic E-state index is 6.04. The highest BCUT2D eigenvalue weighted by atomic mass is 79.9. The second kappa shape index (κ2) is 6.58. The second-order valence-corrected chi connectivity index (χ2v) is 5.12. The third-order valence-corrected chi connectivity index (χ3v) is 3.69. The van der Waals surface area contributed by atoms with Gasteiger partial charge >= 0.3 is 0 Å². The molecule has 0 radical (unpaired) electrons. The molecule has 0 aliphatic rings. The summed E-state index contributed by atoms with van der Waals surface area (Å²) in [6.45, 7) is 0. The maximum absolute atomic E-state index is 6.04. The highest BCUT2D eigenvalue weighted by molar-refractivity contribution is 9.10. The van der Waals surface area contributed by atoms with Crippen molar-refractivity contribution < 1.29 is 14.2 Å². The highest BCUT2D eigenvalue weighted by Gasteiger charge is 2.11. The molecule has 5 nitrogen and oxygen atoms in total. The van der Waals surface area contributed by atoms with E-state index in [0.29, 0.717) is 17.2 Å². The Morgan fingerprint density at radius 1 is 0.905 bits per heavy atom. The zero-order valence-corrected chi connectivity index (χ0v) is 13.7. The number of anilines is 3. The van der Waals surface area contributed by atoms with E-state index in [1.807, 2.05) is 18.2 Å². The van der Waals surface area contributed by atoms with Crippen LogP contribution in [0.4, 0.5) is 17.1 Å². The van der Waals surface area contributed by atoms with Crippen LogP contribution in [0, 0.1) is 0 Å². The molecule has 0 aliphatic carbocycles. The molecule has 0 spiro atoms. The van der Waals surface area contributed by atoms with Gasteiger partial charge in [0.1, 0.15) is 5.75 Å². The average molecular weight is 353 g/mol. The van der Waals surface area contributed by atoms with E-state index in [2.05, 4.69) is 21.2 Å². The Morgan fingerprint density at radius 3 is 2.19 bits per heavy atom. The van der Waals surface area contributed by atoms with Crippen LogP contribution in [0.25, 0.3) is 0 Å². The number of methoxy groups -OCH3 is 3. The molecule has 2 rings (SSSR count). The van der Waals surface area contributed by atoms with Gasteiger partial charge in [-0.1, -0.05) is 0 Å². The first-order valence-corrected chi connectivity index (χ1v) is 7.00. The third kappa shape index (κ3) is 3.33. The number of nitrogen functional groups attached to an aromatic ring is 1. The van der Waals surface area contributed by atoms with Crippen molar-refractivity contribution in [1.82, 2.24) is 0 Å². The lowest BCUT2D eigenvalue weighted by molar-refractivity contribution is 0.355. The van der Waals surface area contributed by atoms with E-state index in [9.17, 15) is 0 Å². The van der Waals surface area contributed by atoms with E-state index in [-0.39, 0.29) is 0 Å². The van der Waals surface area contributed by atoms with Crippen LogP contribution in [0.2, 0.25) is 0 Å². The molecule has 0 saturated carbocycles. The van der Waals surface area contributed by atoms with Gasteiger partial charge in [0, 0.05) is 22.7 Å². The molecule has 2 aromatic carbocycles. The number of ether oxygens (including phenoxy) is 3. The number of hydrogen-bond acceptors (Lipinski definition) is 5. The molecule has 0 aromatic heterocycles. The smallest absolute Gasteiger partial charge is 0.162 e. The molecule has 3 N–H and O–H groups in total. The summed E-state index contributed by atoms with van der Waals surface area (Å²) < 4.78 is 16.6. The lowest BCUT2D eigenvalue weighted by Crippen LogP contribution is -2.00. The Hall–Kier alpha value is -2.08. The first-order chi connectivity index (χ1) is 10.1. The van der Waals surface area contributed by atoms with E-state index in [1.165, 1.54) is 0 Å². The Kier molecular flexibility index (Phi) is 4.80. The molecule has 21 heavy (non-hydrogen) atoms. The van der Waals surface area contributed by atoms with Crippen molar-refractivity contribution in [2.45, 2.75) is 0 Å². The highest BCUT2D eigenvalue weighted by Crippen LogP contribution is 2.38. The van der Waals surface area contributed by atoms with Crippen molar-refractivity contribution in [1.29, 1.82) is 0 Å². The maximum Gasteiger partial charge on any atom is 0.162 e. The number of benzene rings is 2. The fraction of sp³-hybridized carbons (Fsp3) is 0.200. The molecule has 0 heterocycles. The quantitative estimate of drug-likeness (QED) is 0.801. The van der Waals surface area contributed by atoms with Crippen molar-refractivity contribution in [2.24, 2.45) is 0 Å². The summed E-state index contributed by atoms with van der Waals surface area (Å²) in [5, 5.41) is 3.25. The number of nitrogens with two attached hydrogens (primary N) is 1. The normalized spacial score (nSPS) is 10.1. The number of halogens is 1. The molecule has 0 unspecified atom stereocenters. The second-order valence-electron chi connectivity index (χ2n) is 4.27. The molecule has 2 aromatic rings. The largest absolute Gasteiger partial charge is 0.497 e. The van der Waals surface area contributed by atoms with E-state index < -0.39 is 0 Å². The van der Waals surface area contributed by atoms with Crippen molar-refractivity contribution in [2.75, 3.05) is 32.4 Å². The lowest BCUT2D eigenvalue weighted by Gasteiger charge is -2.15. The molecule has 6 heteroatoms. The van der Waals surface area contributed by atoms with Crippen LogP contribution in [0.5, 0.6) is 17.2 Å².